The molecule has 0 spiro atoms. The molecule has 21 heavy (non-hydrogen) atoms. The number of halogens is 1. The van der Waals surface area contributed by atoms with E-state index in [1.54, 1.807) is 6.07 Å². The van der Waals surface area contributed by atoms with Gasteiger partial charge in [0.1, 0.15) is 11.6 Å². The van der Waals surface area contributed by atoms with Crippen molar-refractivity contribution in [2.75, 3.05) is 6.61 Å². The minimum atomic E-state index is -0.911. The molecule has 116 valence electrons. The maximum atomic E-state index is 13.9. The minimum absolute atomic E-state index is 0.297. The molecule has 4 heteroatoms. The lowest BCUT2D eigenvalue weighted by Gasteiger charge is -2.33. The Morgan fingerprint density at radius 3 is 2.62 bits per heavy atom. The van der Waals surface area contributed by atoms with Crippen LogP contribution >= 0.6 is 0 Å². The van der Waals surface area contributed by atoms with Gasteiger partial charge in [0.15, 0.2) is 6.29 Å². The third kappa shape index (κ3) is 3.55. The molecule has 1 aromatic rings. The first-order chi connectivity index (χ1) is 10.2. The number of aliphatic hydroxyl groups is 1. The highest BCUT2D eigenvalue weighted by molar-refractivity contribution is 5.33. The monoisotopic (exact) mass is 294 g/mol. The molecule has 2 aliphatic rings. The van der Waals surface area contributed by atoms with Crippen LogP contribution in [0.25, 0.3) is 0 Å². The Morgan fingerprint density at radius 2 is 1.90 bits per heavy atom. The van der Waals surface area contributed by atoms with E-state index in [0.29, 0.717) is 30.8 Å². The molecule has 1 aliphatic heterocycles. The molecule has 3 nitrogen and oxygen atoms in total. The molecule has 1 saturated carbocycles. The molecule has 0 bridgehead atoms. The lowest BCUT2D eigenvalue weighted by molar-refractivity contribution is -0.106. The largest absolute Gasteiger partial charge is 0.465 e. The summed E-state index contributed by atoms with van der Waals surface area (Å²) >= 11 is 0. The van der Waals surface area contributed by atoms with E-state index in [9.17, 15) is 9.50 Å². The fourth-order valence-corrected chi connectivity index (χ4v) is 3.28. The van der Waals surface area contributed by atoms with E-state index < -0.39 is 5.60 Å². The number of ether oxygens (including phenoxy) is 2. The normalized spacial score (nSPS) is 25.5. The smallest absolute Gasteiger partial charge is 0.199 e. The Kier molecular flexibility index (Phi) is 4.45. The van der Waals surface area contributed by atoms with Crippen molar-refractivity contribution in [3.8, 4) is 5.75 Å². The molecule has 1 unspecified atom stereocenters. The van der Waals surface area contributed by atoms with Crippen LogP contribution in [-0.4, -0.2) is 18.0 Å². The van der Waals surface area contributed by atoms with Gasteiger partial charge in [0.2, 0.25) is 0 Å². The summed E-state index contributed by atoms with van der Waals surface area (Å²) in [6.07, 6.45) is 7.13. The molecule has 1 saturated heterocycles. The van der Waals surface area contributed by atoms with E-state index in [0.717, 1.165) is 38.5 Å². The molecule has 1 aliphatic carbocycles. The van der Waals surface area contributed by atoms with Gasteiger partial charge in [-0.15, -0.1) is 0 Å². The van der Waals surface area contributed by atoms with Crippen LogP contribution in [0.4, 0.5) is 4.39 Å². The zero-order valence-corrected chi connectivity index (χ0v) is 12.3. The highest BCUT2D eigenvalue weighted by atomic mass is 19.1. The van der Waals surface area contributed by atoms with Crippen LogP contribution in [0, 0.1) is 5.82 Å². The van der Waals surface area contributed by atoms with E-state index in [1.807, 2.05) is 0 Å². The van der Waals surface area contributed by atoms with Crippen LogP contribution in [0.2, 0.25) is 0 Å². The Morgan fingerprint density at radius 1 is 1.10 bits per heavy atom. The van der Waals surface area contributed by atoms with Gasteiger partial charge in [-0.3, -0.25) is 0 Å². The van der Waals surface area contributed by atoms with E-state index in [4.69, 9.17) is 9.47 Å². The zero-order valence-electron chi connectivity index (χ0n) is 12.3. The van der Waals surface area contributed by atoms with Crippen LogP contribution in [0.1, 0.15) is 56.9 Å². The van der Waals surface area contributed by atoms with Crippen molar-refractivity contribution in [2.45, 2.75) is 63.3 Å². The summed E-state index contributed by atoms with van der Waals surface area (Å²) in [5, 5.41) is 10.7. The average Bonchev–Trinajstić information content (AvgIpc) is 2.48. The second-order valence-corrected chi connectivity index (χ2v) is 6.18. The van der Waals surface area contributed by atoms with Gasteiger partial charge >= 0.3 is 0 Å². The summed E-state index contributed by atoms with van der Waals surface area (Å²) in [5.41, 5.74) is -0.278. The van der Waals surface area contributed by atoms with E-state index >= 15 is 0 Å². The summed E-state index contributed by atoms with van der Waals surface area (Å²) in [6.45, 7) is 0.691. The lowest BCUT2D eigenvalue weighted by Crippen LogP contribution is -2.29. The first-order valence-electron chi connectivity index (χ1n) is 7.97. The van der Waals surface area contributed by atoms with Crippen molar-refractivity contribution in [3.05, 3.63) is 29.6 Å². The first kappa shape index (κ1) is 14.8. The van der Waals surface area contributed by atoms with Crippen molar-refractivity contribution >= 4 is 0 Å². The van der Waals surface area contributed by atoms with Gasteiger partial charge < -0.3 is 14.6 Å². The Bertz CT molecular complexity index is 477. The predicted octanol–water partition coefficient (Wildman–Crippen LogP) is 3.88. The first-order valence-corrected chi connectivity index (χ1v) is 7.97. The molecule has 1 aromatic carbocycles. The third-order valence-corrected chi connectivity index (χ3v) is 4.49. The molecule has 1 atom stereocenters. The Balaban J connectivity index is 1.78. The van der Waals surface area contributed by atoms with Crippen LogP contribution in [0.5, 0.6) is 5.75 Å². The maximum absolute atomic E-state index is 13.9. The van der Waals surface area contributed by atoms with Crippen LogP contribution < -0.4 is 4.74 Å². The molecule has 3 rings (SSSR count). The van der Waals surface area contributed by atoms with Crippen molar-refractivity contribution < 1.29 is 19.0 Å². The fourth-order valence-electron chi connectivity index (χ4n) is 3.28. The highest BCUT2D eigenvalue weighted by Gasteiger charge is 2.32. The van der Waals surface area contributed by atoms with Crippen molar-refractivity contribution in [1.82, 2.24) is 0 Å². The second kappa shape index (κ2) is 6.32. The molecular weight excluding hydrogens is 271 g/mol. The third-order valence-electron chi connectivity index (χ3n) is 4.49. The van der Waals surface area contributed by atoms with Gasteiger partial charge in [0.25, 0.3) is 0 Å². The minimum Gasteiger partial charge on any atom is -0.465 e. The van der Waals surface area contributed by atoms with E-state index in [2.05, 4.69) is 0 Å². The van der Waals surface area contributed by atoms with Crippen LogP contribution in [0.3, 0.4) is 0 Å². The standard InChI is InChI=1S/C17H23FO3/c18-14-10-13(17(19)7-3-1-4-8-17)11-15(12-14)21-16-6-2-5-9-20-16/h10-12,16,19H,1-9H2. The fraction of sp³-hybridized carbons (Fsp3) is 0.647. The molecule has 0 amide bonds. The summed E-state index contributed by atoms with van der Waals surface area (Å²) < 4.78 is 25.1. The molecule has 1 heterocycles. The number of benzene rings is 1. The van der Waals surface area contributed by atoms with Crippen molar-refractivity contribution in [3.63, 3.8) is 0 Å². The van der Waals surface area contributed by atoms with Gasteiger partial charge in [-0.1, -0.05) is 19.3 Å². The summed E-state index contributed by atoms with van der Waals surface area (Å²) in [7, 11) is 0. The lowest BCUT2D eigenvalue weighted by atomic mass is 9.79. The van der Waals surface area contributed by atoms with Crippen molar-refractivity contribution in [2.24, 2.45) is 0 Å². The van der Waals surface area contributed by atoms with E-state index in [1.165, 1.54) is 12.1 Å². The van der Waals surface area contributed by atoms with Gasteiger partial charge in [-0.25, -0.2) is 4.39 Å². The van der Waals surface area contributed by atoms with Gasteiger partial charge in [-0.2, -0.15) is 0 Å². The predicted molar refractivity (Wildman–Crippen MR) is 77.6 cm³/mol. The van der Waals surface area contributed by atoms with Crippen LogP contribution in [-0.2, 0) is 10.3 Å². The average molecular weight is 294 g/mol. The maximum Gasteiger partial charge on any atom is 0.199 e. The molecule has 0 aromatic heterocycles. The molecule has 0 radical (unpaired) electrons. The summed E-state index contributed by atoms with van der Waals surface area (Å²) in [6, 6.07) is 4.57. The van der Waals surface area contributed by atoms with Gasteiger partial charge in [-0.05, 0) is 43.4 Å². The molecular formula is C17H23FO3. The molecule has 2 fully saturated rings. The SMILES string of the molecule is OC1(c2cc(F)cc(OC3CCCCO3)c2)CCCCC1. The quantitative estimate of drug-likeness (QED) is 0.919. The second-order valence-electron chi connectivity index (χ2n) is 6.18. The van der Waals surface area contributed by atoms with Gasteiger partial charge in [0.05, 0.1) is 12.2 Å². The van der Waals surface area contributed by atoms with Crippen molar-refractivity contribution in [1.29, 1.82) is 0 Å². The number of rotatable bonds is 3. The number of hydrogen-bond acceptors (Lipinski definition) is 3. The number of hydrogen-bond donors (Lipinski definition) is 1. The van der Waals surface area contributed by atoms with Crippen LogP contribution in [0.15, 0.2) is 18.2 Å². The highest BCUT2D eigenvalue weighted by Crippen LogP contribution is 2.38. The summed E-state index contributed by atoms with van der Waals surface area (Å²) in [4.78, 5) is 0. The topological polar surface area (TPSA) is 38.7 Å². The Hall–Kier alpha value is -1.13. The summed E-state index contributed by atoms with van der Waals surface area (Å²) in [5.74, 6) is 0.0909. The molecule has 1 N–H and O–H groups in total. The zero-order chi connectivity index (χ0) is 14.7. The van der Waals surface area contributed by atoms with E-state index in [-0.39, 0.29) is 12.1 Å². The van der Waals surface area contributed by atoms with Gasteiger partial charge in [0, 0.05) is 12.5 Å². The Labute approximate surface area is 125 Å².